The molecule has 210 valence electrons. The minimum Gasteiger partial charge on any atom is -0.352 e. The molecule has 3 aromatic heterocycles. The lowest BCUT2D eigenvalue weighted by atomic mass is 10.1. The molecule has 2 N–H and O–H groups in total. The van der Waals surface area contributed by atoms with E-state index in [4.69, 9.17) is 0 Å². The van der Waals surface area contributed by atoms with Crippen molar-refractivity contribution in [3.8, 4) is 32.4 Å². The summed E-state index contributed by atoms with van der Waals surface area (Å²) in [7, 11) is -4.85. The fourth-order valence-corrected chi connectivity index (χ4v) is 6.10. The van der Waals surface area contributed by atoms with Crippen molar-refractivity contribution in [1.82, 2.24) is 19.9 Å². The summed E-state index contributed by atoms with van der Waals surface area (Å²) in [6, 6.07) is 9.20. The van der Waals surface area contributed by atoms with Crippen molar-refractivity contribution >= 4 is 33.0 Å². The highest BCUT2D eigenvalue weighted by Crippen LogP contribution is 2.42. The Morgan fingerprint density at radius 1 is 0.927 bits per heavy atom. The number of hydrogen-bond acceptors (Lipinski definition) is 8. The number of halogens is 4. The van der Waals surface area contributed by atoms with Crippen molar-refractivity contribution in [3.05, 3.63) is 90.4 Å². The number of nitrogens with one attached hydrogen (secondary N) is 2. The van der Waals surface area contributed by atoms with Crippen molar-refractivity contribution < 1.29 is 26.0 Å². The van der Waals surface area contributed by atoms with Crippen LogP contribution in [0.4, 0.5) is 29.2 Å². The molecule has 3 heterocycles. The summed E-state index contributed by atoms with van der Waals surface area (Å²) >= 11 is 1.08. The van der Waals surface area contributed by atoms with Gasteiger partial charge >= 0.3 is 0 Å². The third-order valence-electron chi connectivity index (χ3n) is 5.57. The van der Waals surface area contributed by atoms with E-state index in [0.717, 1.165) is 41.8 Å². The second-order valence-electron chi connectivity index (χ2n) is 8.98. The molecular formula is C27H20F4N6O2S2. The molecule has 0 saturated carbocycles. The van der Waals surface area contributed by atoms with Gasteiger partial charge in [0.05, 0.1) is 28.1 Å². The number of benzene rings is 2. The molecule has 8 nitrogen and oxygen atoms in total. The van der Waals surface area contributed by atoms with Crippen LogP contribution in [0.15, 0.2) is 72.0 Å². The first-order chi connectivity index (χ1) is 19.5. The van der Waals surface area contributed by atoms with Crippen LogP contribution in [0.5, 0.6) is 0 Å². The van der Waals surface area contributed by atoms with Gasteiger partial charge in [-0.2, -0.15) is 0 Å². The summed E-state index contributed by atoms with van der Waals surface area (Å²) in [6.45, 7) is 3.80. The fraction of sp³-hybridized carbons (Fsp3) is 0.111. The van der Waals surface area contributed by atoms with E-state index < -0.39 is 43.9 Å². The molecule has 0 amide bonds. The summed E-state index contributed by atoms with van der Waals surface area (Å²) < 4.78 is 86.0. The Balaban J connectivity index is 1.65. The Morgan fingerprint density at radius 3 is 2.37 bits per heavy atom. The highest BCUT2D eigenvalue weighted by Gasteiger charge is 2.27. The predicted octanol–water partition coefficient (Wildman–Crippen LogP) is 6.51. The van der Waals surface area contributed by atoms with Gasteiger partial charge in [0.2, 0.25) is 5.95 Å². The summed E-state index contributed by atoms with van der Waals surface area (Å²) in [5.41, 5.74) is 0.0505. The van der Waals surface area contributed by atoms with Crippen molar-refractivity contribution in [1.29, 1.82) is 0 Å². The average molecular weight is 601 g/mol. The monoisotopic (exact) mass is 600 g/mol. The van der Waals surface area contributed by atoms with Crippen LogP contribution in [-0.4, -0.2) is 34.4 Å². The lowest BCUT2D eigenvalue weighted by Crippen LogP contribution is -2.17. The number of rotatable bonds is 8. The maximum Gasteiger partial charge on any atom is 0.267 e. The van der Waals surface area contributed by atoms with Crippen LogP contribution in [-0.2, 0) is 10.0 Å². The smallest absolute Gasteiger partial charge is 0.267 e. The van der Waals surface area contributed by atoms with Gasteiger partial charge in [-0.15, -0.1) is 11.3 Å². The Labute approximate surface area is 236 Å². The average Bonchev–Trinajstić information content (AvgIpc) is 3.35. The number of hydrogen-bond donors (Lipinski definition) is 2. The maximum absolute atomic E-state index is 16.0. The molecule has 0 aliphatic rings. The number of aromatic nitrogens is 4. The molecule has 5 aromatic rings. The highest BCUT2D eigenvalue weighted by atomic mass is 32.2. The maximum atomic E-state index is 16.0. The van der Waals surface area contributed by atoms with Gasteiger partial charge < -0.3 is 5.32 Å². The van der Waals surface area contributed by atoms with E-state index >= 15 is 4.39 Å². The SMILES string of the molecule is CC(C)Nc1nccc(-c2sc(-c3cncc(F)c3)nc2-c2cccc(NS(=O)(=O)c3c(F)cccc3F)c2F)n1. The van der Waals surface area contributed by atoms with E-state index in [1.54, 1.807) is 6.07 Å². The molecule has 0 aliphatic carbocycles. The van der Waals surface area contributed by atoms with Gasteiger partial charge in [-0.05, 0) is 50.2 Å². The van der Waals surface area contributed by atoms with Gasteiger partial charge in [0.25, 0.3) is 10.0 Å². The molecule has 5 rings (SSSR count). The normalized spacial score (nSPS) is 11.6. The summed E-state index contributed by atoms with van der Waals surface area (Å²) in [4.78, 5) is 16.2. The van der Waals surface area contributed by atoms with Crippen molar-refractivity contribution in [2.75, 3.05) is 10.0 Å². The Morgan fingerprint density at radius 2 is 1.66 bits per heavy atom. The van der Waals surface area contributed by atoms with Crippen LogP contribution < -0.4 is 10.0 Å². The molecule has 0 aliphatic heterocycles. The summed E-state index contributed by atoms with van der Waals surface area (Å²) in [5.74, 6) is -4.02. The van der Waals surface area contributed by atoms with E-state index in [1.165, 1.54) is 30.6 Å². The quantitative estimate of drug-likeness (QED) is 0.196. The third kappa shape index (κ3) is 5.88. The third-order valence-corrected chi connectivity index (χ3v) is 8.11. The number of anilines is 2. The Hall–Kier alpha value is -4.43. The van der Waals surface area contributed by atoms with E-state index in [0.29, 0.717) is 22.1 Å². The molecule has 0 unspecified atom stereocenters. The van der Waals surface area contributed by atoms with Crippen LogP contribution in [0.2, 0.25) is 0 Å². The molecule has 0 fully saturated rings. The first-order valence-corrected chi connectivity index (χ1v) is 14.3. The minimum atomic E-state index is -4.85. The molecule has 41 heavy (non-hydrogen) atoms. The van der Waals surface area contributed by atoms with Gasteiger partial charge in [0.1, 0.15) is 22.5 Å². The topological polar surface area (TPSA) is 110 Å². The molecule has 0 spiro atoms. The van der Waals surface area contributed by atoms with Gasteiger partial charge in [0, 0.05) is 29.6 Å². The largest absolute Gasteiger partial charge is 0.352 e. The first-order valence-electron chi connectivity index (χ1n) is 12.0. The zero-order valence-corrected chi connectivity index (χ0v) is 23.0. The Kier molecular flexibility index (Phi) is 7.69. The number of nitrogens with zero attached hydrogens (tertiary/aromatic N) is 4. The summed E-state index contributed by atoms with van der Waals surface area (Å²) in [6.07, 6.45) is 3.93. The lowest BCUT2D eigenvalue weighted by molar-refractivity contribution is 0.521. The second kappa shape index (κ2) is 11.2. The minimum absolute atomic E-state index is 0.0153. The first kappa shape index (κ1) is 28.1. The van der Waals surface area contributed by atoms with Gasteiger partial charge in [-0.25, -0.2) is 40.9 Å². The highest BCUT2D eigenvalue weighted by molar-refractivity contribution is 7.92. The van der Waals surface area contributed by atoms with E-state index in [1.807, 2.05) is 18.6 Å². The molecule has 14 heteroatoms. The van der Waals surface area contributed by atoms with Gasteiger partial charge in [-0.1, -0.05) is 12.1 Å². The Bertz CT molecular complexity index is 1840. The molecular weight excluding hydrogens is 580 g/mol. The van der Waals surface area contributed by atoms with Crippen LogP contribution in [0.1, 0.15) is 13.8 Å². The van der Waals surface area contributed by atoms with Crippen molar-refractivity contribution in [3.63, 3.8) is 0 Å². The molecule has 0 radical (unpaired) electrons. The van der Waals surface area contributed by atoms with E-state index in [-0.39, 0.29) is 22.3 Å². The van der Waals surface area contributed by atoms with E-state index in [9.17, 15) is 21.6 Å². The van der Waals surface area contributed by atoms with Crippen molar-refractivity contribution in [2.24, 2.45) is 0 Å². The second-order valence-corrected chi connectivity index (χ2v) is 11.6. The van der Waals surface area contributed by atoms with Gasteiger partial charge in [-0.3, -0.25) is 9.71 Å². The van der Waals surface area contributed by atoms with Crippen LogP contribution >= 0.6 is 11.3 Å². The molecule has 0 saturated heterocycles. The van der Waals surface area contributed by atoms with Crippen molar-refractivity contribution in [2.45, 2.75) is 24.8 Å². The van der Waals surface area contributed by atoms with Crippen LogP contribution in [0, 0.1) is 23.3 Å². The number of thiazole rings is 1. The van der Waals surface area contributed by atoms with E-state index in [2.05, 4.69) is 25.3 Å². The predicted molar refractivity (Wildman–Crippen MR) is 148 cm³/mol. The molecule has 0 atom stereocenters. The summed E-state index contributed by atoms with van der Waals surface area (Å²) in [5, 5.41) is 3.37. The zero-order valence-electron chi connectivity index (χ0n) is 21.4. The lowest BCUT2D eigenvalue weighted by Gasteiger charge is -2.13. The zero-order chi connectivity index (χ0) is 29.3. The fourth-order valence-electron chi connectivity index (χ4n) is 3.87. The molecule has 2 aromatic carbocycles. The van der Waals surface area contributed by atoms with Gasteiger partial charge in [0.15, 0.2) is 10.7 Å². The van der Waals surface area contributed by atoms with Crippen LogP contribution in [0.3, 0.4) is 0 Å². The number of sulfonamides is 1. The van der Waals surface area contributed by atoms with Crippen LogP contribution in [0.25, 0.3) is 32.4 Å². The standard InChI is InChI=1S/C27H20F4N6O2S2/c1-14(2)34-27-33-10-9-21(35-27)24-23(36-26(40-24)15-11-16(28)13-32-12-15)17-5-3-8-20(22(17)31)37-41(38,39)25-18(29)6-4-7-19(25)30/h3-14,37H,1-2H3,(H,33,34,35). The molecule has 0 bridgehead atoms. The number of pyridine rings is 1.